The van der Waals surface area contributed by atoms with Gasteiger partial charge >= 0.3 is 13.2 Å². The van der Waals surface area contributed by atoms with Crippen molar-refractivity contribution in [3.05, 3.63) is 22.8 Å². The maximum Gasteiger partial charge on any atom is 0.498 e. The summed E-state index contributed by atoms with van der Waals surface area (Å²) in [4.78, 5) is 13.3. The van der Waals surface area contributed by atoms with Crippen molar-refractivity contribution in [3.63, 3.8) is 0 Å². The SMILES string of the molecule is CC1(C)OB(c2cnn(CC(CNC(=O)O)N=[N+]=[N-])c2)OC1(C)C. The monoisotopic (exact) mass is 336 g/mol. The fraction of sp³-hybridized carbons (Fsp3) is 0.692. The molecule has 1 amide bonds. The maximum absolute atomic E-state index is 10.6. The van der Waals surface area contributed by atoms with Crippen molar-refractivity contribution < 1.29 is 19.2 Å². The molecule has 2 heterocycles. The van der Waals surface area contributed by atoms with Crippen molar-refractivity contribution in [1.29, 1.82) is 0 Å². The van der Waals surface area contributed by atoms with Crippen LogP contribution in [0, 0.1) is 0 Å². The Kier molecular flexibility index (Phi) is 5.07. The number of azide groups is 1. The zero-order chi connectivity index (χ0) is 18.0. The van der Waals surface area contributed by atoms with E-state index in [1.807, 2.05) is 27.7 Å². The minimum atomic E-state index is -1.17. The highest BCUT2D eigenvalue weighted by molar-refractivity contribution is 6.61. The third kappa shape index (κ3) is 3.99. The number of carbonyl (C=O) groups is 1. The number of carboxylic acid groups (broad SMARTS) is 1. The molecule has 0 aliphatic carbocycles. The Morgan fingerprint density at radius 2 is 2.12 bits per heavy atom. The molecule has 11 heteroatoms. The Labute approximate surface area is 139 Å². The largest absolute Gasteiger partial charge is 0.498 e. The van der Waals surface area contributed by atoms with Crippen LogP contribution in [-0.4, -0.2) is 51.9 Å². The molecule has 1 unspecified atom stereocenters. The molecule has 1 saturated heterocycles. The Bertz CT molecular complexity index is 639. The molecule has 2 rings (SSSR count). The van der Waals surface area contributed by atoms with Gasteiger partial charge in [0.25, 0.3) is 0 Å². The summed E-state index contributed by atoms with van der Waals surface area (Å²) < 4.78 is 13.5. The number of hydrogen-bond acceptors (Lipinski definition) is 5. The Morgan fingerprint density at radius 3 is 2.67 bits per heavy atom. The molecule has 24 heavy (non-hydrogen) atoms. The van der Waals surface area contributed by atoms with Crippen LogP contribution in [-0.2, 0) is 15.9 Å². The van der Waals surface area contributed by atoms with E-state index in [2.05, 4.69) is 20.4 Å². The zero-order valence-electron chi connectivity index (χ0n) is 14.1. The lowest BCUT2D eigenvalue weighted by Crippen LogP contribution is -2.41. The lowest BCUT2D eigenvalue weighted by Gasteiger charge is -2.32. The molecule has 1 aliphatic rings. The number of amides is 1. The molecule has 0 aromatic carbocycles. The summed E-state index contributed by atoms with van der Waals surface area (Å²) >= 11 is 0. The van der Waals surface area contributed by atoms with Crippen LogP contribution in [0.3, 0.4) is 0 Å². The Balaban J connectivity index is 2.05. The number of rotatable bonds is 6. The Hall–Kier alpha value is -2.23. The van der Waals surface area contributed by atoms with Crippen LogP contribution in [0.2, 0.25) is 0 Å². The van der Waals surface area contributed by atoms with Gasteiger partial charge in [0.1, 0.15) is 0 Å². The predicted molar refractivity (Wildman–Crippen MR) is 86.9 cm³/mol. The highest BCUT2D eigenvalue weighted by Gasteiger charge is 2.52. The summed E-state index contributed by atoms with van der Waals surface area (Å²) in [7, 11) is -0.529. The van der Waals surface area contributed by atoms with Gasteiger partial charge in [-0.05, 0) is 33.2 Å². The second kappa shape index (κ2) is 6.72. The van der Waals surface area contributed by atoms with Gasteiger partial charge in [0, 0.05) is 29.3 Å². The van der Waals surface area contributed by atoms with E-state index in [4.69, 9.17) is 19.9 Å². The summed E-state index contributed by atoms with van der Waals surface area (Å²) in [5, 5.41) is 18.6. The summed E-state index contributed by atoms with van der Waals surface area (Å²) in [6, 6.07) is -0.586. The topological polar surface area (TPSA) is 134 Å². The van der Waals surface area contributed by atoms with Gasteiger partial charge in [-0.2, -0.15) is 5.10 Å². The highest BCUT2D eigenvalue weighted by Crippen LogP contribution is 2.36. The fourth-order valence-corrected chi connectivity index (χ4v) is 2.22. The third-order valence-corrected chi connectivity index (χ3v) is 4.28. The van der Waals surface area contributed by atoms with Crippen LogP contribution >= 0.6 is 0 Å². The number of nitrogens with one attached hydrogen (secondary N) is 1. The predicted octanol–water partition coefficient (Wildman–Crippen LogP) is 1.13. The number of nitrogens with zero attached hydrogens (tertiary/aromatic N) is 5. The highest BCUT2D eigenvalue weighted by atomic mass is 16.7. The van der Waals surface area contributed by atoms with Crippen LogP contribution < -0.4 is 10.8 Å². The molecular weight excluding hydrogens is 315 g/mol. The van der Waals surface area contributed by atoms with Gasteiger partial charge < -0.3 is 19.7 Å². The van der Waals surface area contributed by atoms with Gasteiger partial charge in [-0.15, -0.1) is 0 Å². The smallest absolute Gasteiger partial charge is 0.465 e. The quantitative estimate of drug-likeness (QED) is 0.347. The van der Waals surface area contributed by atoms with Gasteiger partial charge in [-0.3, -0.25) is 4.68 Å². The van der Waals surface area contributed by atoms with Gasteiger partial charge in [-0.1, -0.05) is 5.11 Å². The molecule has 1 aliphatic heterocycles. The summed E-state index contributed by atoms with van der Waals surface area (Å²) in [6.07, 6.45) is 2.19. The summed E-state index contributed by atoms with van der Waals surface area (Å²) in [5.41, 5.74) is 8.44. The number of aromatic nitrogens is 2. The molecule has 130 valence electrons. The standard InChI is InChI=1S/C13H21BN6O4/c1-12(2)13(3,4)24-14(23-12)9-5-17-20(7-9)8-10(18-19-15)6-16-11(21)22/h5,7,10,16H,6,8H2,1-4H3,(H,21,22). The van der Waals surface area contributed by atoms with Crippen molar-refractivity contribution in [3.8, 4) is 0 Å². The van der Waals surface area contributed by atoms with E-state index in [9.17, 15) is 4.79 Å². The first-order chi connectivity index (χ1) is 11.1. The second-order valence-corrected chi connectivity index (χ2v) is 6.63. The van der Waals surface area contributed by atoms with Gasteiger partial charge in [0.2, 0.25) is 0 Å². The minimum Gasteiger partial charge on any atom is -0.465 e. The molecular formula is C13H21BN6O4. The molecule has 1 fully saturated rings. The average Bonchev–Trinajstić information content (AvgIpc) is 2.99. The summed E-state index contributed by atoms with van der Waals surface area (Å²) in [6.45, 7) is 8.10. The zero-order valence-corrected chi connectivity index (χ0v) is 14.1. The number of hydrogen-bond donors (Lipinski definition) is 2. The first-order valence-electron chi connectivity index (χ1n) is 7.53. The molecule has 1 aromatic rings. The molecule has 1 aromatic heterocycles. The van der Waals surface area contributed by atoms with Crippen LogP contribution in [0.5, 0.6) is 0 Å². The van der Waals surface area contributed by atoms with E-state index < -0.39 is 30.5 Å². The second-order valence-electron chi connectivity index (χ2n) is 6.63. The van der Waals surface area contributed by atoms with Crippen LogP contribution in [0.4, 0.5) is 4.79 Å². The normalized spacial score (nSPS) is 19.6. The van der Waals surface area contributed by atoms with E-state index in [-0.39, 0.29) is 13.1 Å². The van der Waals surface area contributed by atoms with Crippen molar-refractivity contribution in [2.75, 3.05) is 6.54 Å². The van der Waals surface area contributed by atoms with Gasteiger partial charge in [0.15, 0.2) is 0 Å². The lowest BCUT2D eigenvalue weighted by atomic mass is 9.82. The fourth-order valence-electron chi connectivity index (χ4n) is 2.22. The molecule has 1 atom stereocenters. The maximum atomic E-state index is 10.6. The van der Waals surface area contributed by atoms with E-state index in [0.29, 0.717) is 0 Å². The van der Waals surface area contributed by atoms with Crippen molar-refractivity contribution >= 4 is 18.7 Å². The van der Waals surface area contributed by atoms with E-state index in [1.165, 1.54) is 0 Å². The first kappa shape index (κ1) is 18.1. The molecule has 0 bridgehead atoms. The molecule has 2 N–H and O–H groups in total. The van der Waals surface area contributed by atoms with E-state index in [0.717, 1.165) is 5.46 Å². The van der Waals surface area contributed by atoms with E-state index in [1.54, 1.807) is 17.1 Å². The van der Waals surface area contributed by atoms with E-state index >= 15 is 0 Å². The molecule has 0 radical (unpaired) electrons. The van der Waals surface area contributed by atoms with Crippen molar-refractivity contribution in [2.45, 2.75) is 51.5 Å². The van der Waals surface area contributed by atoms with Crippen LogP contribution in [0.1, 0.15) is 27.7 Å². The van der Waals surface area contributed by atoms with Gasteiger partial charge in [-0.25, -0.2) is 4.79 Å². The third-order valence-electron chi connectivity index (χ3n) is 4.28. The van der Waals surface area contributed by atoms with Crippen LogP contribution in [0.25, 0.3) is 10.4 Å². The van der Waals surface area contributed by atoms with Crippen molar-refractivity contribution in [1.82, 2.24) is 15.1 Å². The van der Waals surface area contributed by atoms with Crippen molar-refractivity contribution in [2.24, 2.45) is 5.11 Å². The molecule has 10 nitrogen and oxygen atoms in total. The Morgan fingerprint density at radius 1 is 1.50 bits per heavy atom. The lowest BCUT2D eigenvalue weighted by molar-refractivity contribution is 0.00578. The molecule has 0 saturated carbocycles. The molecule has 0 spiro atoms. The average molecular weight is 336 g/mol. The first-order valence-corrected chi connectivity index (χ1v) is 7.53. The minimum absolute atomic E-state index is 0.00504. The summed E-state index contributed by atoms with van der Waals surface area (Å²) in [5.74, 6) is 0. The van der Waals surface area contributed by atoms with Gasteiger partial charge in [0.05, 0.1) is 23.8 Å². The van der Waals surface area contributed by atoms with Crippen LogP contribution in [0.15, 0.2) is 17.5 Å².